The molecule has 0 heterocycles. The second-order valence-electron chi connectivity index (χ2n) is 6.30. The Morgan fingerprint density at radius 1 is 1.46 bits per heavy atom. The number of alkyl halides is 2. The normalized spacial score (nSPS) is 13.7. The molecule has 1 aromatic carbocycles. The van der Waals surface area contributed by atoms with Gasteiger partial charge in [-0.3, -0.25) is 0 Å². The molecule has 0 spiro atoms. The van der Waals surface area contributed by atoms with Crippen molar-refractivity contribution in [1.29, 1.82) is 5.26 Å². The zero-order chi connectivity index (χ0) is 18.3. The van der Waals surface area contributed by atoms with E-state index in [0.717, 1.165) is 20.0 Å². The molecule has 0 fully saturated rings. The molecule has 0 N–H and O–H groups in total. The maximum atomic E-state index is 13.2. The highest BCUT2D eigenvalue weighted by molar-refractivity contribution is 7.91. The van der Waals surface area contributed by atoms with Crippen LogP contribution >= 0.6 is 0 Å². The SMILES string of the molecule is CBCCC(C)(C)[S@@+]([O-])/N=C(/C)c1cccc(C(F)F)c1CC#N. The van der Waals surface area contributed by atoms with Crippen LogP contribution in [0.3, 0.4) is 0 Å². The summed E-state index contributed by atoms with van der Waals surface area (Å²) in [5, 5.41) is 8.95. The fourth-order valence-corrected chi connectivity index (χ4v) is 3.32. The highest BCUT2D eigenvalue weighted by Gasteiger charge is 2.32. The second-order valence-corrected chi connectivity index (χ2v) is 8.08. The van der Waals surface area contributed by atoms with Gasteiger partial charge < -0.3 is 4.55 Å². The summed E-state index contributed by atoms with van der Waals surface area (Å²) in [6.45, 7) is 7.50. The lowest BCUT2D eigenvalue weighted by Crippen LogP contribution is -2.31. The molecule has 0 radical (unpaired) electrons. The van der Waals surface area contributed by atoms with Crippen LogP contribution in [0.5, 0.6) is 0 Å². The molecule has 1 aromatic rings. The second kappa shape index (κ2) is 9.19. The summed E-state index contributed by atoms with van der Waals surface area (Å²) in [7, 11) is 1.01. The van der Waals surface area contributed by atoms with Crippen LogP contribution in [0, 0.1) is 11.3 Å². The highest BCUT2D eigenvalue weighted by atomic mass is 32.2. The Balaban J connectivity index is 3.20. The summed E-state index contributed by atoms with van der Waals surface area (Å²) in [6.07, 6.45) is -1.06. The topological polar surface area (TPSA) is 59.2 Å². The predicted octanol–water partition coefficient (Wildman–Crippen LogP) is 4.23. The van der Waals surface area contributed by atoms with Crippen LogP contribution in [0.25, 0.3) is 0 Å². The molecule has 0 aromatic heterocycles. The molecule has 0 aliphatic heterocycles. The summed E-state index contributed by atoms with van der Waals surface area (Å²) in [5.41, 5.74) is 0.985. The average Bonchev–Trinajstić information content (AvgIpc) is 2.53. The van der Waals surface area contributed by atoms with Crippen LogP contribution in [0.4, 0.5) is 8.78 Å². The molecule has 1 rings (SSSR count). The quantitative estimate of drug-likeness (QED) is 0.399. The maximum absolute atomic E-state index is 13.2. The van der Waals surface area contributed by atoms with Crippen molar-refractivity contribution in [1.82, 2.24) is 0 Å². The minimum atomic E-state index is -2.66. The minimum Gasteiger partial charge on any atom is -0.591 e. The standard InChI is InChI=1S/C17H23BF2N2OS/c1-12(22-24(23)17(2,3)9-10-18-4)13-6-5-7-15(16(19)20)14(13)8-11-21/h5-7,16,18H,8-10H2,1-4H3/b22-12-/t24-/m1/s1. The van der Waals surface area contributed by atoms with Crippen molar-refractivity contribution >= 4 is 24.4 Å². The van der Waals surface area contributed by atoms with Crippen molar-refractivity contribution < 1.29 is 13.3 Å². The van der Waals surface area contributed by atoms with Crippen LogP contribution in [-0.2, 0) is 17.8 Å². The zero-order valence-electron chi connectivity index (χ0n) is 14.6. The van der Waals surface area contributed by atoms with Gasteiger partial charge in [-0.05, 0) is 32.8 Å². The van der Waals surface area contributed by atoms with E-state index < -0.39 is 22.5 Å². The molecule has 1 atom stereocenters. The van der Waals surface area contributed by atoms with Crippen LogP contribution in [0.2, 0.25) is 13.1 Å². The lowest BCUT2D eigenvalue weighted by atomic mass is 9.75. The third-order valence-electron chi connectivity index (χ3n) is 3.92. The van der Waals surface area contributed by atoms with Gasteiger partial charge in [0.15, 0.2) is 0 Å². The van der Waals surface area contributed by atoms with E-state index in [2.05, 4.69) is 11.2 Å². The first-order valence-corrected chi connectivity index (χ1v) is 9.09. The summed E-state index contributed by atoms with van der Waals surface area (Å²) in [5.74, 6) is 0. The van der Waals surface area contributed by atoms with E-state index in [9.17, 15) is 13.3 Å². The van der Waals surface area contributed by atoms with E-state index in [-0.39, 0.29) is 17.5 Å². The van der Waals surface area contributed by atoms with E-state index in [4.69, 9.17) is 5.26 Å². The number of rotatable bonds is 8. The van der Waals surface area contributed by atoms with Gasteiger partial charge >= 0.3 is 0 Å². The molecule has 0 aliphatic carbocycles. The number of nitriles is 1. The van der Waals surface area contributed by atoms with E-state index in [1.54, 1.807) is 13.0 Å². The monoisotopic (exact) mass is 352 g/mol. The molecule has 0 amide bonds. The van der Waals surface area contributed by atoms with Gasteiger partial charge in [0.1, 0.15) is 23.4 Å². The molecule has 0 aliphatic rings. The lowest BCUT2D eigenvalue weighted by Gasteiger charge is -2.24. The third-order valence-corrected chi connectivity index (χ3v) is 5.51. The van der Waals surface area contributed by atoms with Gasteiger partial charge in [-0.25, -0.2) is 8.78 Å². The first-order valence-electron chi connectivity index (χ1n) is 7.99. The van der Waals surface area contributed by atoms with Gasteiger partial charge in [-0.1, -0.05) is 35.7 Å². The fourth-order valence-electron chi connectivity index (χ4n) is 2.41. The first kappa shape index (κ1) is 20.7. The van der Waals surface area contributed by atoms with Gasteiger partial charge in [0, 0.05) is 11.1 Å². The minimum absolute atomic E-state index is 0.130. The Bertz CT molecular complexity index is 630. The van der Waals surface area contributed by atoms with Gasteiger partial charge in [-0.2, -0.15) is 5.26 Å². The largest absolute Gasteiger partial charge is 0.591 e. The van der Waals surface area contributed by atoms with Gasteiger partial charge in [0.05, 0.1) is 18.2 Å². The maximum Gasteiger partial charge on any atom is 0.264 e. The molecule has 130 valence electrons. The molecular weight excluding hydrogens is 329 g/mol. The molecule has 0 saturated heterocycles. The first-order chi connectivity index (χ1) is 11.2. The Kier molecular flexibility index (Phi) is 7.91. The molecule has 0 saturated carbocycles. The van der Waals surface area contributed by atoms with E-state index in [0.29, 0.717) is 11.3 Å². The third kappa shape index (κ3) is 5.32. The molecule has 3 nitrogen and oxygen atoms in total. The fraction of sp³-hybridized carbons (Fsp3) is 0.529. The van der Waals surface area contributed by atoms with Gasteiger partial charge in [0.25, 0.3) is 6.43 Å². The van der Waals surface area contributed by atoms with Crippen LogP contribution in [0.1, 0.15) is 50.3 Å². The Morgan fingerprint density at radius 3 is 2.67 bits per heavy atom. The van der Waals surface area contributed by atoms with Crippen LogP contribution < -0.4 is 0 Å². The van der Waals surface area contributed by atoms with Crippen molar-refractivity contribution in [2.24, 2.45) is 4.40 Å². The Morgan fingerprint density at radius 2 is 2.12 bits per heavy atom. The van der Waals surface area contributed by atoms with E-state index >= 15 is 0 Å². The Labute approximate surface area is 146 Å². The van der Waals surface area contributed by atoms with Gasteiger partial charge in [0.2, 0.25) is 0 Å². The van der Waals surface area contributed by atoms with Crippen LogP contribution in [0.15, 0.2) is 22.6 Å². The van der Waals surface area contributed by atoms with Crippen molar-refractivity contribution in [3.8, 4) is 6.07 Å². The molecule has 0 unspecified atom stereocenters. The summed E-state index contributed by atoms with van der Waals surface area (Å²) < 4.78 is 42.7. The Hall–Kier alpha value is -1.39. The average molecular weight is 352 g/mol. The van der Waals surface area contributed by atoms with Gasteiger partial charge in [-0.15, -0.1) is 0 Å². The highest BCUT2D eigenvalue weighted by Crippen LogP contribution is 2.28. The van der Waals surface area contributed by atoms with Crippen molar-refractivity contribution in [3.05, 3.63) is 34.9 Å². The van der Waals surface area contributed by atoms with Crippen LogP contribution in [-0.4, -0.2) is 22.3 Å². The lowest BCUT2D eigenvalue weighted by molar-refractivity contribution is 0.150. The van der Waals surface area contributed by atoms with Crippen molar-refractivity contribution in [2.75, 3.05) is 0 Å². The number of nitrogens with zero attached hydrogens (tertiary/aromatic N) is 2. The summed E-state index contributed by atoms with van der Waals surface area (Å²) in [6, 6.07) is 6.40. The molecular formula is C17H23BF2N2OS. The molecule has 24 heavy (non-hydrogen) atoms. The van der Waals surface area contributed by atoms with E-state index in [1.165, 1.54) is 12.1 Å². The number of halogens is 2. The number of hydrogen-bond acceptors (Lipinski definition) is 3. The predicted molar refractivity (Wildman–Crippen MR) is 97.6 cm³/mol. The molecule has 7 heteroatoms. The summed E-state index contributed by atoms with van der Waals surface area (Å²) in [4.78, 5) is 0. The molecule has 0 bridgehead atoms. The van der Waals surface area contributed by atoms with Crippen molar-refractivity contribution in [2.45, 2.75) is 57.9 Å². The van der Waals surface area contributed by atoms with Crippen molar-refractivity contribution in [3.63, 3.8) is 0 Å². The van der Waals surface area contributed by atoms with E-state index in [1.807, 2.05) is 19.9 Å². The number of benzene rings is 1. The zero-order valence-corrected chi connectivity index (χ0v) is 15.4. The summed E-state index contributed by atoms with van der Waals surface area (Å²) >= 11 is -1.47. The number of hydrogen-bond donors (Lipinski definition) is 0. The smallest absolute Gasteiger partial charge is 0.264 e.